The van der Waals surface area contributed by atoms with E-state index in [4.69, 9.17) is 4.74 Å². The van der Waals surface area contributed by atoms with E-state index in [-0.39, 0.29) is 0 Å². The molecular weight excluding hydrogens is 253 g/mol. The second kappa shape index (κ2) is 3.80. The van der Waals surface area contributed by atoms with Crippen molar-refractivity contribution in [3.05, 3.63) is 24.3 Å². The standard InChI is InChI=1S/C8H10INO/c1-10(9)7-5-3-4-6-8(7)11-2/h3-6H,1-2H3. The highest BCUT2D eigenvalue weighted by molar-refractivity contribution is 14.1. The number of halogens is 1. The Hall–Kier alpha value is -0.450. The molecule has 0 radical (unpaired) electrons. The van der Waals surface area contributed by atoms with Gasteiger partial charge in [-0.3, -0.25) is 0 Å². The van der Waals surface area contributed by atoms with E-state index >= 15 is 0 Å². The van der Waals surface area contributed by atoms with E-state index in [9.17, 15) is 0 Å². The number of benzene rings is 1. The minimum Gasteiger partial charge on any atom is -0.495 e. The first-order valence-corrected chi connectivity index (χ1v) is 4.24. The zero-order valence-electron chi connectivity index (χ0n) is 6.54. The van der Waals surface area contributed by atoms with Crippen molar-refractivity contribution in [3.8, 4) is 5.75 Å². The van der Waals surface area contributed by atoms with Crippen molar-refractivity contribution in [3.63, 3.8) is 0 Å². The van der Waals surface area contributed by atoms with Crippen molar-refractivity contribution in [2.24, 2.45) is 0 Å². The number of rotatable bonds is 2. The highest BCUT2D eigenvalue weighted by Gasteiger charge is 2.02. The first-order chi connectivity index (χ1) is 5.25. The molecule has 0 N–H and O–H groups in total. The van der Waals surface area contributed by atoms with Crippen LogP contribution < -0.4 is 7.85 Å². The van der Waals surface area contributed by atoms with Crippen LogP contribution in [0.3, 0.4) is 0 Å². The summed E-state index contributed by atoms with van der Waals surface area (Å²) in [6.45, 7) is 0. The van der Waals surface area contributed by atoms with Gasteiger partial charge in [-0.05, 0) is 12.1 Å². The lowest BCUT2D eigenvalue weighted by atomic mass is 10.3. The Kier molecular flexibility index (Phi) is 2.99. The van der Waals surface area contributed by atoms with Gasteiger partial charge in [0, 0.05) is 7.05 Å². The van der Waals surface area contributed by atoms with Gasteiger partial charge < -0.3 is 7.85 Å². The molecule has 0 saturated carbocycles. The number of ether oxygens (including phenoxy) is 1. The molecule has 1 aromatic rings. The quantitative estimate of drug-likeness (QED) is 0.600. The highest BCUT2D eigenvalue weighted by Crippen LogP contribution is 2.28. The van der Waals surface area contributed by atoms with Crippen LogP contribution in [0.15, 0.2) is 24.3 Å². The van der Waals surface area contributed by atoms with E-state index in [0.717, 1.165) is 11.4 Å². The Morgan fingerprint density at radius 2 is 2.00 bits per heavy atom. The fourth-order valence-corrected chi connectivity index (χ4v) is 1.28. The van der Waals surface area contributed by atoms with Gasteiger partial charge in [0.2, 0.25) is 0 Å². The van der Waals surface area contributed by atoms with E-state index in [2.05, 4.69) is 22.9 Å². The Morgan fingerprint density at radius 3 is 2.45 bits per heavy atom. The van der Waals surface area contributed by atoms with Gasteiger partial charge in [-0.1, -0.05) is 12.1 Å². The first kappa shape index (κ1) is 8.64. The summed E-state index contributed by atoms with van der Waals surface area (Å²) in [6.07, 6.45) is 0. The molecule has 0 aliphatic rings. The molecular formula is C8H10INO. The van der Waals surface area contributed by atoms with Crippen molar-refractivity contribution < 1.29 is 4.74 Å². The van der Waals surface area contributed by atoms with Gasteiger partial charge in [0.15, 0.2) is 0 Å². The van der Waals surface area contributed by atoms with Crippen molar-refractivity contribution in [1.82, 2.24) is 0 Å². The van der Waals surface area contributed by atoms with Gasteiger partial charge in [0.25, 0.3) is 0 Å². The SMILES string of the molecule is COc1ccccc1N(C)I. The maximum atomic E-state index is 5.16. The zero-order valence-corrected chi connectivity index (χ0v) is 8.70. The molecule has 0 atom stereocenters. The van der Waals surface area contributed by atoms with Crippen LogP contribution in [0.5, 0.6) is 5.75 Å². The summed E-state index contributed by atoms with van der Waals surface area (Å²) < 4.78 is 7.16. The van der Waals surface area contributed by atoms with Crippen LogP contribution in [-0.2, 0) is 0 Å². The zero-order chi connectivity index (χ0) is 8.27. The lowest BCUT2D eigenvalue weighted by Gasteiger charge is -2.13. The number of anilines is 1. The minimum atomic E-state index is 0.907. The second-order valence-corrected chi connectivity index (χ2v) is 3.60. The molecule has 0 bridgehead atoms. The van der Waals surface area contributed by atoms with Gasteiger partial charge in [-0.2, -0.15) is 0 Å². The van der Waals surface area contributed by atoms with Gasteiger partial charge in [-0.15, -0.1) is 0 Å². The molecule has 0 fully saturated rings. The Morgan fingerprint density at radius 1 is 1.36 bits per heavy atom. The van der Waals surface area contributed by atoms with E-state index in [1.807, 2.05) is 34.4 Å². The smallest absolute Gasteiger partial charge is 0.142 e. The fourth-order valence-electron chi connectivity index (χ4n) is 0.884. The Bertz CT molecular complexity index is 237. The van der Waals surface area contributed by atoms with Gasteiger partial charge >= 0.3 is 0 Å². The molecule has 0 aromatic heterocycles. The number of hydrogen-bond donors (Lipinski definition) is 0. The minimum absolute atomic E-state index is 0.907. The summed E-state index contributed by atoms with van der Waals surface area (Å²) in [5.74, 6) is 0.907. The molecule has 60 valence electrons. The normalized spacial score (nSPS) is 9.36. The predicted octanol–water partition coefficient (Wildman–Crippen LogP) is 2.48. The first-order valence-electron chi connectivity index (χ1n) is 3.28. The molecule has 0 heterocycles. The van der Waals surface area contributed by atoms with E-state index in [1.165, 1.54) is 0 Å². The number of hydrogen-bond acceptors (Lipinski definition) is 2. The average Bonchev–Trinajstić information content (AvgIpc) is 2.04. The van der Waals surface area contributed by atoms with Gasteiger partial charge in [0.1, 0.15) is 5.75 Å². The molecule has 0 aliphatic heterocycles. The van der Waals surface area contributed by atoms with Crippen molar-refractivity contribution >= 4 is 28.6 Å². The Labute approximate surface area is 80.7 Å². The molecule has 2 nitrogen and oxygen atoms in total. The fraction of sp³-hybridized carbons (Fsp3) is 0.250. The summed E-state index contributed by atoms with van der Waals surface area (Å²) in [6, 6.07) is 7.92. The molecule has 0 amide bonds. The lowest BCUT2D eigenvalue weighted by molar-refractivity contribution is 0.416. The molecule has 0 saturated heterocycles. The molecule has 3 heteroatoms. The Balaban J connectivity index is 3.02. The largest absolute Gasteiger partial charge is 0.495 e. The maximum absolute atomic E-state index is 5.16. The highest BCUT2D eigenvalue weighted by atomic mass is 127. The molecule has 0 unspecified atom stereocenters. The predicted molar refractivity (Wildman–Crippen MR) is 55.4 cm³/mol. The number of nitrogens with zero attached hydrogens (tertiary/aromatic N) is 1. The van der Waals surface area contributed by atoms with Crippen molar-refractivity contribution in [2.75, 3.05) is 17.3 Å². The van der Waals surface area contributed by atoms with Crippen LogP contribution in [0.1, 0.15) is 0 Å². The van der Waals surface area contributed by atoms with Crippen molar-refractivity contribution in [1.29, 1.82) is 0 Å². The molecule has 1 aromatic carbocycles. The van der Waals surface area contributed by atoms with E-state index in [1.54, 1.807) is 7.11 Å². The topological polar surface area (TPSA) is 12.5 Å². The number of para-hydroxylation sites is 2. The summed E-state index contributed by atoms with van der Waals surface area (Å²) in [5, 5.41) is 0. The third kappa shape index (κ3) is 1.99. The van der Waals surface area contributed by atoms with Crippen molar-refractivity contribution in [2.45, 2.75) is 0 Å². The summed E-state index contributed by atoms with van der Waals surface area (Å²) >= 11 is 2.21. The third-order valence-electron chi connectivity index (χ3n) is 1.42. The number of methoxy groups -OCH3 is 1. The molecule has 1 rings (SSSR count). The second-order valence-electron chi connectivity index (χ2n) is 2.15. The monoisotopic (exact) mass is 263 g/mol. The van der Waals surface area contributed by atoms with Crippen LogP contribution in [0.25, 0.3) is 0 Å². The average molecular weight is 263 g/mol. The maximum Gasteiger partial charge on any atom is 0.142 e. The van der Waals surface area contributed by atoms with Gasteiger partial charge in [-0.25, -0.2) is 0 Å². The van der Waals surface area contributed by atoms with E-state index < -0.39 is 0 Å². The van der Waals surface area contributed by atoms with E-state index in [0.29, 0.717) is 0 Å². The molecule has 0 aliphatic carbocycles. The van der Waals surface area contributed by atoms with Gasteiger partial charge in [0.05, 0.1) is 35.7 Å². The van der Waals surface area contributed by atoms with Crippen LogP contribution >= 0.6 is 22.9 Å². The summed E-state index contributed by atoms with van der Waals surface area (Å²) in [4.78, 5) is 0. The summed E-state index contributed by atoms with van der Waals surface area (Å²) in [7, 11) is 3.66. The lowest BCUT2D eigenvalue weighted by Crippen LogP contribution is -2.01. The molecule has 11 heavy (non-hydrogen) atoms. The summed E-state index contributed by atoms with van der Waals surface area (Å²) in [5.41, 5.74) is 1.09. The molecule has 0 spiro atoms. The van der Waals surface area contributed by atoms with Crippen LogP contribution in [0.4, 0.5) is 5.69 Å². The van der Waals surface area contributed by atoms with Crippen LogP contribution in [0, 0.1) is 0 Å². The van der Waals surface area contributed by atoms with Crippen LogP contribution in [-0.4, -0.2) is 14.2 Å². The van der Waals surface area contributed by atoms with Crippen LogP contribution in [0.2, 0.25) is 0 Å². The third-order valence-corrected chi connectivity index (χ3v) is 1.94.